The first-order chi connectivity index (χ1) is 17.4. The van der Waals surface area contributed by atoms with Gasteiger partial charge in [0, 0.05) is 16.8 Å². The Balaban J connectivity index is 1.42. The number of phenols is 1. The maximum Gasteiger partial charge on any atom is 0.269 e. The summed E-state index contributed by atoms with van der Waals surface area (Å²) in [5.41, 5.74) is 4.70. The highest BCUT2D eigenvalue weighted by Crippen LogP contribution is 2.40. The van der Waals surface area contributed by atoms with Crippen LogP contribution in [0.4, 0.5) is 5.69 Å². The van der Waals surface area contributed by atoms with Crippen molar-refractivity contribution in [2.75, 3.05) is 24.8 Å². The van der Waals surface area contributed by atoms with Gasteiger partial charge >= 0.3 is 0 Å². The van der Waals surface area contributed by atoms with E-state index in [1.807, 2.05) is 6.92 Å². The van der Waals surface area contributed by atoms with Crippen LogP contribution in [0.1, 0.15) is 38.6 Å². The number of benzene rings is 3. The Morgan fingerprint density at radius 3 is 2.36 bits per heavy atom. The summed E-state index contributed by atoms with van der Waals surface area (Å²) in [4.78, 5) is 37.8. The van der Waals surface area contributed by atoms with Crippen LogP contribution in [0, 0.1) is 0 Å². The van der Waals surface area contributed by atoms with Gasteiger partial charge in [0.25, 0.3) is 17.7 Å². The molecule has 1 atom stereocenters. The fourth-order valence-electron chi connectivity index (χ4n) is 3.57. The van der Waals surface area contributed by atoms with Crippen LogP contribution in [-0.4, -0.2) is 47.3 Å². The molecule has 4 rings (SSSR count). The van der Waals surface area contributed by atoms with E-state index in [0.717, 1.165) is 0 Å². The smallest absolute Gasteiger partial charge is 0.269 e. The van der Waals surface area contributed by atoms with Crippen molar-refractivity contribution in [3.05, 3.63) is 83.4 Å². The molecular weight excluding hydrogens is 482 g/mol. The second kappa shape index (κ2) is 11.0. The number of nitrogens with one attached hydrogen (secondary N) is 2. The molecule has 36 heavy (non-hydrogen) atoms. The Hall–Kier alpha value is -4.18. The molecule has 3 N–H and O–H groups in total. The first kappa shape index (κ1) is 24.9. The topological polar surface area (TPSA) is 117 Å². The SMILES string of the molecule is CCOc1cc(C2SCC(=O)N2NC(=O)c2ccc(NC(=O)c3ccc(OC)cc3)cc2)ccc1O. The third kappa shape index (κ3) is 5.55. The van der Waals surface area contributed by atoms with Crippen LogP contribution < -0.4 is 20.2 Å². The molecular formula is C26H25N3O6S. The number of anilines is 1. The van der Waals surface area contributed by atoms with Crippen molar-refractivity contribution in [1.82, 2.24) is 10.4 Å². The van der Waals surface area contributed by atoms with Crippen LogP contribution in [0.2, 0.25) is 0 Å². The third-order valence-electron chi connectivity index (χ3n) is 5.42. The van der Waals surface area contributed by atoms with E-state index in [-0.39, 0.29) is 23.3 Å². The molecule has 3 amide bonds. The number of hydrogen-bond donors (Lipinski definition) is 3. The van der Waals surface area contributed by atoms with Crippen LogP contribution in [-0.2, 0) is 4.79 Å². The summed E-state index contributed by atoms with van der Waals surface area (Å²) < 4.78 is 10.5. The number of nitrogens with zero attached hydrogens (tertiary/aromatic N) is 1. The number of methoxy groups -OCH3 is 1. The molecule has 1 fully saturated rings. The van der Waals surface area contributed by atoms with Crippen LogP contribution in [0.3, 0.4) is 0 Å². The van der Waals surface area contributed by atoms with Crippen LogP contribution in [0.5, 0.6) is 17.2 Å². The Kier molecular flexibility index (Phi) is 7.65. The molecule has 0 aliphatic carbocycles. The van der Waals surface area contributed by atoms with E-state index in [1.54, 1.807) is 67.8 Å². The number of aromatic hydroxyl groups is 1. The number of amides is 3. The minimum atomic E-state index is -0.468. The maximum atomic E-state index is 12.9. The van der Waals surface area contributed by atoms with Gasteiger partial charge in [-0.3, -0.25) is 19.8 Å². The lowest BCUT2D eigenvalue weighted by Gasteiger charge is -2.25. The van der Waals surface area contributed by atoms with Gasteiger partial charge < -0.3 is 19.9 Å². The van der Waals surface area contributed by atoms with Gasteiger partial charge in [-0.25, -0.2) is 5.01 Å². The van der Waals surface area contributed by atoms with Gasteiger partial charge in [0.05, 0.1) is 19.5 Å². The average molecular weight is 508 g/mol. The van der Waals surface area contributed by atoms with E-state index < -0.39 is 11.3 Å². The van der Waals surface area contributed by atoms with Gasteiger partial charge in [0.2, 0.25) is 0 Å². The molecule has 0 radical (unpaired) electrons. The number of carbonyl (C=O) groups is 3. The Morgan fingerprint density at radius 1 is 1.03 bits per heavy atom. The first-order valence-electron chi connectivity index (χ1n) is 11.2. The molecule has 1 unspecified atom stereocenters. The van der Waals surface area contributed by atoms with Crippen molar-refractivity contribution in [1.29, 1.82) is 0 Å². The number of hydrazine groups is 1. The van der Waals surface area contributed by atoms with E-state index >= 15 is 0 Å². The third-order valence-corrected chi connectivity index (χ3v) is 6.63. The molecule has 186 valence electrons. The molecule has 1 saturated heterocycles. The van der Waals surface area contributed by atoms with E-state index in [2.05, 4.69) is 10.7 Å². The summed E-state index contributed by atoms with van der Waals surface area (Å²) in [7, 11) is 1.55. The molecule has 0 spiro atoms. The normalized spacial score (nSPS) is 14.9. The number of hydrogen-bond acceptors (Lipinski definition) is 7. The molecule has 10 heteroatoms. The van der Waals surface area contributed by atoms with E-state index in [9.17, 15) is 19.5 Å². The zero-order valence-electron chi connectivity index (χ0n) is 19.7. The van der Waals surface area contributed by atoms with Crippen molar-refractivity contribution in [3.63, 3.8) is 0 Å². The highest BCUT2D eigenvalue weighted by Gasteiger charge is 2.35. The second-order valence-electron chi connectivity index (χ2n) is 7.79. The number of phenolic OH excluding ortho intramolecular Hbond substituents is 1. The fourth-order valence-corrected chi connectivity index (χ4v) is 4.67. The quantitative estimate of drug-likeness (QED) is 0.422. The van der Waals surface area contributed by atoms with Gasteiger partial charge in [-0.15, -0.1) is 11.8 Å². The van der Waals surface area contributed by atoms with Gasteiger partial charge in [-0.05, 0) is 73.2 Å². The maximum absolute atomic E-state index is 12.9. The van der Waals surface area contributed by atoms with Gasteiger partial charge in [-0.2, -0.15) is 0 Å². The molecule has 3 aromatic rings. The van der Waals surface area contributed by atoms with Crippen molar-refractivity contribution in [2.45, 2.75) is 12.3 Å². The minimum Gasteiger partial charge on any atom is -0.504 e. The number of carbonyl (C=O) groups excluding carboxylic acids is 3. The second-order valence-corrected chi connectivity index (χ2v) is 8.86. The van der Waals surface area contributed by atoms with Gasteiger partial charge in [0.15, 0.2) is 11.5 Å². The van der Waals surface area contributed by atoms with Crippen LogP contribution in [0.25, 0.3) is 0 Å². The summed E-state index contributed by atoms with van der Waals surface area (Å²) in [6.07, 6.45) is 0. The average Bonchev–Trinajstić information content (AvgIpc) is 3.25. The number of rotatable bonds is 8. The van der Waals surface area contributed by atoms with Crippen molar-refractivity contribution >= 4 is 35.2 Å². The zero-order valence-corrected chi connectivity index (χ0v) is 20.5. The summed E-state index contributed by atoms with van der Waals surface area (Å²) >= 11 is 1.36. The molecule has 1 aliphatic rings. The molecule has 0 aromatic heterocycles. The predicted octanol–water partition coefficient (Wildman–Crippen LogP) is 3.97. The van der Waals surface area contributed by atoms with Gasteiger partial charge in [-0.1, -0.05) is 6.07 Å². The summed E-state index contributed by atoms with van der Waals surface area (Å²) in [6.45, 7) is 2.19. The highest BCUT2D eigenvalue weighted by atomic mass is 32.2. The summed E-state index contributed by atoms with van der Waals surface area (Å²) in [6, 6.07) is 17.9. The monoisotopic (exact) mass is 507 g/mol. The lowest BCUT2D eigenvalue weighted by molar-refractivity contribution is -0.130. The lowest BCUT2D eigenvalue weighted by atomic mass is 10.1. The van der Waals surface area contributed by atoms with Crippen LogP contribution in [0.15, 0.2) is 66.7 Å². The van der Waals surface area contributed by atoms with E-state index in [0.29, 0.717) is 40.5 Å². The van der Waals surface area contributed by atoms with Crippen molar-refractivity contribution in [2.24, 2.45) is 0 Å². The number of thioether (sulfide) groups is 1. The van der Waals surface area contributed by atoms with Gasteiger partial charge in [0.1, 0.15) is 11.1 Å². The molecule has 3 aromatic carbocycles. The molecule has 1 aliphatic heterocycles. The molecule has 1 heterocycles. The van der Waals surface area contributed by atoms with Crippen LogP contribution >= 0.6 is 11.8 Å². The standard InChI is InChI=1S/C26H25N3O6S/c1-3-35-22-14-18(8-13-21(22)30)26-29(23(31)15-36-26)28-25(33)17-4-9-19(10-5-17)27-24(32)16-6-11-20(34-2)12-7-16/h4-14,26,30H,3,15H2,1-2H3,(H,27,32)(H,28,33). The zero-order chi connectivity index (χ0) is 25.7. The molecule has 0 bridgehead atoms. The van der Waals surface area contributed by atoms with E-state index in [1.165, 1.54) is 22.8 Å². The Bertz CT molecular complexity index is 1260. The van der Waals surface area contributed by atoms with Crippen molar-refractivity contribution in [3.8, 4) is 17.2 Å². The summed E-state index contributed by atoms with van der Waals surface area (Å²) in [5, 5.41) is 13.6. The molecule has 0 saturated carbocycles. The van der Waals surface area contributed by atoms with Crippen molar-refractivity contribution < 1.29 is 29.0 Å². The molecule has 9 nitrogen and oxygen atoms in total. The minimum absolute atomic E-state index is 0.00433. The highest BCUT2D eigenvalue weighted by molar-refractivity contribution is 8.00. The number of ether oxygens (including phenoxy) is 2. The first-order valence-corrected chi connectivity index (χ1v) is 12.2. The summed E-state index contributed by atoms with van der Waals surface area (Å²) in [5.74, 6) is 0.169. The fraction of sp³-hybridized carbons (Fsp3) is 0.192. The van der Waals surface area contributed by atoms with E-state index in [4.69, 9.17) is 9.47 Å². The Labute approximate surface area is 212 Å². The lowest BCUT2D eigenvalue weighted by Crippen LogP contribution is -2.44. The predicted molar refractivity (Wildman–Crippen MR) is 136 cm³/mol. The largest absolute Gasteiger partial charge is 0.504 e. The Morgan fingerprint density at radius 2 is 1.69 bits per heavy atom.